The maximum absolute atomic E-state index is 12.2. The van der Waals surface area contributed by atoms with Crippen molar-refractivity contribution in [3.8, 4) is 28.1 Å². The largest absolute Gasteiger partial charge is 0.496 e. The van der Waals surface area contributed by atoms with Crippen molar-refractivity contribution in [2.45, 2.75) is 52.2 Å². The van der Waals surface area contributed by atoms with E-state index in [1.807, 2.05) is 12.1 Å². The van der Waals surface area contributed by atoms with Crippen molar-refractivity contribution in [2.75, 3.05) is 13.7 Å². The van der Waals surface area contributed by atoms with Gasteiger partial charge in [0, 0.05) is 41.9 Å². The topological polar surface area (TPSA) is 146 Å². The molecular weight excluding hydrogens is 492 g/mol. The van der Waals surface area contributed by atoms with Crippen molar-refractivity contribution < 1.29 is 29.1 Å². The van der Waals surface area contributed by atoms with E-state index in [-0.39, 0.29) is 11.4 Å². The summed E-state index contributed by atoms with van der Waals surface area (Å²) in [5.74, 6) is -0.446. The van der Waals surface area contributed by atoms with Gasteiger partial charge in [0.2, 0.25) is 0 Å². The van der Waals surface area contributed by atoms with Crippen molar-refractivity contribution in [3.63, 3.8) is 0 Å². The monoisotopic (exact) mass is 522 g/mol. The summed E-state index contributed by atoms with van der Waals surface area (Å²) in [5, 5.41) is 28.4. The van der Waals surface area contributed by atoms with Crippen LogP contribution in [0.5, 0.6) is 5.75 Å². The fourth-order valence-corrected chi connectivity index (χ4v) is 4.55. The van der Waals surface area contributed by atoms with Gasteiger partial charge in [0.1, 0.15) is 17.0 Å². The maximum Gasteiger partial charge on any atom is 0.407 e. The number of carbonyl (C=O) groups is 2. The Balaban J connectivity index is 1.64. The number of nitro benzene ring substituents is 1. The molecule has 0 saturated carbocycles. The Morgan fingerprint density at radius 2 is 1.87 bits per heavy atom. The summed E-state index contributed by atoms with van der Waals surface area (Å²) in [4.78, 5) is 34.7. The normalized spacial score (nSPS) is 12.3. The number of carbonyl (C=O) groups excluding carboxylic acids is 1. The van der Waals surface area contributed by atoms with Gasteiger partial charge in [-0.25, -0.2) is 9.59 Å². The zero-order valence-corrected chi connectivity index (χ0v) is 21.7. The molecule has 0 aliphatic heterocycles. The first kappa shape index (κ1) is 26.6. The number of aromatic carboxylic acids is 1. The van der Waals surface area contributed by atoms with Gasteiger partial charge in [-0.2, -0.15) is 5.10 Å². The Bertz CT molecular complexity index is 1390. The smallest absolute Gasteiger partial charge is 0.407 e. The van der Waals surface area contributed by atoms with Crippen LogP contribution in [0, 0.1) is 10.1 Å². The summed E-state index contributed by atoms with van der Waals surface area (Å²) in [6.45, 7) is 5.93. The standard InChI is InChI=1S/C27H30N4O7/c1-27(2,3)38-26(34)28-12-5-13-30-24(25(32)33)19-11-8-17-14-22(37-4)20(15-21(17)23(19)29-30)16-6-9-18(10-7-16)31(35)36/h6-7,9-10,14-15H,5,8,11-13H2,1-4H3,(H,28,34)(H,32,33). The van der Waals surface area contributed by atoms with Gasteiger partial charge in [-0.3, -0.25) is 14.8 Å². The summed E-state index contributed by atoms with van der Waals surface area (Å²) in [7, 11) is 1.56. The average molecular weight is 523 g/mol. The van der Waals surface area contributed by atoms with Crippen LogP contribution in [0.4, 0.5) is 10.5 Å². The molecule has 0 atom stereocenters. The van der Waals surface area contributed by atoms with E-state index in [0.717, 1.165) is 22.3 Å². The molecular formula is C27H30N4O7. The van der Waals surface area contributed by atoms with E-state index in [2.05, 4.69) is 10.4 Å². The SMILES string of the molecule is COc1cc2c(cc1-c1ccc([N+](=O)[O-])cc1)-c1nn(CCCNC(=O)OC(C)(C)C)c(C(=O)O)c1CC2. The Morgan fingerprint density at radius 3 is 2.47 bits per heavy atom. The molecule has 0 unspecified atom stereocenters. The highest BCUT2D eigenvalue weighted by Gasteiger charge is 2.29. The van der Waals surface area contributed by atoms with E-state index in [1.54, 1.807) is 40.0 Å². The van der Waals surface area contributed by atoms with Crippen LogP contribution in [-0.4, -0.2) is 51.1 Å². The number of nitrogens with one attached hydrogen (secondary N) is 1. The molecule has 1 aromatic heterocycles. The number of carboxylic acid groups (broad SMARTS) is 1. The number of alkyl carbamates (subject to hydrolysis) is 1. The average Bonchev–Trinajstić information content (AvgIpc) is 3.24. The number of nitrogens with zero attached hydrogens (tertiary/aromatic N) is 3. The molecule has 11 nitrogen and oxygen atoms in total. The fourth-order valence-electron chi connectivity index (χ4n) is 4.55. The zero-order chi connectivity index (χ0) is 27.6. The van der Waals surface area contributed by atoms with Crippen LogP contribution in [0.15, 0.2) is 36.4 Å². The third-order valence-electron chi connectivity index (χ3n) is 6.18. The minimum Gasteiger partial charge on any atom is -0.496 e. The quantitative estimate of drug-likeness (QED) is 0.243. The van der Waals surface area contributed by atoms with Crippen molar-refractivity contribution in [2.24, 2.45) is 0 Å². The van der Waals surface area contributed by atoms with Gasteiger partial charge in [-0.1, -0.05) is 0 Å². The van der Waals surface area contributed by atoms with Gasteiger partial charge < -0.3 is 19.9 Å². The van der Waals surface area contributed by atoms with Crippen molar-refractivity contribution >= 4 is 17.7 Å². The number of ether oxygens (including phenoxy) is 2. The first-order valence-electron chi connectivity index (χ1n) is 12.2. The third kappa shape index (κ3) is 5.61. The number of aromatic nitrogens is 2. The summed E-state index contributed by atoms with van der Waals surface area (Å²) in [6, 6.07) is 10.0. The minimum absolute atomic E-state index is 0.0148. The number of methoxy groups -OCH3 is 1. The van der Waals surface area contributed by atoms with Gasteiger partial charge >= 0.3 is 12.1 Å². The lowest BCUT2D eigenvalue weighted by atomic mass is 9.86. The molecule has 3 aromatic rings. The lowest BCUT2D eigenvalue weighted by molar-refractivity contribution is -0.384. The molecule has 1 amide bonds. The first-order valence-corrected chi connectivity index (χ1v) is 12.2. The van der Waals surface area contributed by atoms with Crippen LogP contribution >= 0.6 is 0 Å². The second-order valence-corrected chi connectivity index (χ2v) is 10.00. The zero-order valence-electron chi connectivity index (χ0n) is 21.7. The number of aryl methyl sites for hydroxylation is 2. The molecule has 0 saturated heterocycles. The molecule has 38 heavy (non-hydrogen) atoms. The summed E-state index contributed by atoms with van der Waals surface area (Å²) in [6.07, 6.45) is 1.06. The summed E-state index contributed by atoms with van der Waals surface area (Å²) in [5.41, 5.74) is 4.00. The Labute approximate surface area is 219 Å². The summed E-state index contributed by atoms with van der Waals surface area (Å²) >= 11 is 0. The van der Waals surface area contributed by atoms with Crippen LogP contribution in [0.2, 0.25) is 0 Å². The predicted molar refractivity (Wildman–Crippen MR) is 140 cm³/mol. The van der Waals surface area contributed by atoms with Crippen LogP contribution in [0.1, 0.15) is 48.8 Å². The molecule has 4 rings (SSSR count). The lowest BCUT2D eigenvalue weighted by Crippen LogP contribution is -2.33. The van der Waals surface area contributed by atoms with Crippen molar-refractivity contribution in [1.29, 1.82) is 0 Å². The minimum atomic E-state index is -1.06. The molecule has 0 bridgehead atoms. The molecule has 11 heteroatoms. The second kappa shape index (κ2) is 10.5. The molecule has 0 fully saturated rings. The van der Waals surface area contributed by atoms with Crippen molar-refractivity contribution in [1.82, 2.24) is 15.1 Å². The van der Waals surface area contributed by atoms with E-state index in [9.17, 15) is 24.8 Å². The molecule has 1 aliphatic carbocycles. The molecule has 0 spiro atoms. The Hall–Kier alpha value is -4.41. The van der Waals surface area contributed by atoms with Crippen LogP contribution in [-0.2, 0) is 24.1 Å². The number of rotatable bonds is 8. The number of amides is 1. The van der Waals surface area contributed by atoms with Crippen molar-refractivity contribution in [3.05, 3.63) is 63.3 Å². The highest BCUT2D eigenvalue weighted by atomic mass is 16.6. The van der Waals surface area contributed by atoms with E-state index in [0.29, 0.717) is 49.4 Å². The molecule has 0 radical (unpaired) electrons. The molecule has 2 aromatic carbocycles. The first-order chi connectivity index (χ1) is 18.0. The lowest BCUT2D eigenvalue weighted by Gasteiger charge is -2.19. The number of benzene rings is 2. The number of non-ortho nitro benzene ring substituents is 1. The number of hydrogen-bond acceptors (Lipinski definition) is 7. The van der Waals surface area contributed by atoms with E-state index in [4.69, 9.17) is 9.47 Å². The highest BCUT2D eigenvalue weighted by Crippen LogP contribution is 2.41. The Kier molecular flexibility index (Phi) is 7.38. The molecule has 1 heterocycles. The molecule has 2 N–H and O–H groups in total. The third-order valence-corrected chi connectivity index (χ3v) is 6.18. The van der Waals surface area contributed by atoms with Gasteiger partial charge in [-0.15, -0.1) is 0 Å². The van der Waals surface area contributed by atoms with E-state index >= 15 is 0 Å². The van der Waals surface area contributed by atoms with E-state index < -0.39 is 22.6 Å². The van der Waals surface area contributed by atoms with Gasteiger partial charge in [0.05, 0.1) is 17.7 Å². The molecule has 200 valence electrons. The maximum atomic E-state index is 12.2. The summed E-state index contributed by atoms with van der Waals surface area (Å²) < 4.78 is 12.3. The predicted octanol–water partition coefficient (Wildman–Crippen LogP) is 4.85. The number of nitro groups is 1. The number of carboxylic acids is 1. The van der Waals surface area contributed by atoms with Crippen LogP contribution in [0.3, 0.4) is 0 Å². The van der Waals surface area contributed by atoms with Crippen LogP contribution in [0.25, 0.3) is 22.4 Å². The van der Waals surface area contributed by atoms with Gasteiger partial charge in [0.25, 0.3) is 5.69 Å². The van der Waals surface area contributed by atoms with Crippen LogP contribution < -0.4 is 10.1 Å². The fraction of sp³-hybridized carbons (Fsp3) is 0.370. The van der Waals surface area contributed by atoms with E-state index in [1.165, 1.54) is 16.8 Å². The second-order valence-electron chi connectivity index (χ2n) is 10.00. The van der Waals surface area contributed by atoms with Gasteiger partial charge in [0.15, 0.2) is 0 Å². The molecule has 1 aliphatic rings. The number of hydrogen-bond donors (Lipinski definition) is 2. The number of fused-ring (bicyclic) bond motifs is 3. The van der Waals surface area contributed by atoms with Gasteiger partial charge in [-0.05, 0) is 75.4 Å². The highest BCUT2D eigenvalue weighted by molar-refractivity contribution is 5.92. The Morgan fingerprint density at radius 1 is 1.16 bits per heavy atom.